The lowest BCUT2D eigenvalue weighted by Gasteiger charge is -2.32. The Morgan fingerprint density at radius 1 is 1.44 bits per heavy atom. The van der Waals surface area contributed by atoms with Crippen LogP contribution in [-0.4, -0.2) is 41.8 Å². The molecule has 2 aliphatic heterocycles. The Kier molecular flexibility index (Phi) is 2.09. The van der Waals surface area contributed by atoms with Gasteiger partial charge in [-0.25, -0.2) is 4.79 Å². The molecule has 0 aromatic heterocycles. The first-order chi connectivity index (χ1) is 8.59. The third-order valence-electron chi connectivity index (χ3n) is 3.15. The second-order valence-corrected chi connectivity index (χ2v) is 4.16. The number of non-ortho nitro benzene ring substituents is 1. The Balaban J connectivity index is 2.21. The number of anilines is 1. The highest BCUT2D eigenvalue weighted by molar-refractivity contribution is 6.19. The minimum atomic E-state index is -0.448. The van der Waals surface area contributed by atoms with Crippen molar-refractivity contribution in [3.05, 3.63) is 33.9 Å². The van der Waals surface area contributed by atoms with E-state index < -0.39 is 4.92 Å². The summed E-state index contributed by atoms with van der Waals surface area (Å²) in [5.41, 5.74) is 1.30. The first-order valence-corrected chi connectivity index (χ1v) is 5.48. The molecule has 1 aromatic rings. The van der Waals surface area contributed by atoms with Crippen LogP contribution in [0.2, 0.25) is 0 Å². The zero-order chi connectivity index (χ0) is 12.9. The van der Waals surface area contributed by atoms with Crippen molar-refractivity contribution in [3.63, 3.8) is 0 Å². The summed E-state index contributed by atoms with van der Waals surface area (Å²) < 4.78 is 0. The number of amides is 2. The zero-order valence-electron chi connectivity index (χ0n) is 9.66. The molecule has 3 rings (SSSR count). The van der Waals surface area contributed by atoms with Crippen molar-refractivity contribution in [3.8, 4) is 0 Å². The molecule has 2 aliphatic rings. The number of amidine groups is 1. The van der Waals surface area contributed by atoms with Crippen molar-refractivity contribution in [2.75, 3.05) is 25.0 Å². The van der Waals surface area contributed by atoms with Crippen molar-refractivity contribution in [1.29, 1.82) is 0 Å². The fourth-order valence-electron chi connectivity index (χ4n) is 2.26. The van der Waals surface area contributed by atoms with E-state index in [1.807, 2.05) is 0 Å². The van der Waals surface area contributed by atoms with Gasteiger partial charge in [0.15, 0.2) is 0 Å². The van der Waals surface area contributed by atoms with Crippen molar-refractivity contribution < 1.29 is 9.72 Å². The van der Waals surface area contributed by atoms with Crippen LogP contribution in [0.3, 0.4) is 0 Å². The largest absolute Gasteiger partial charge is 0.329 e. The molecule has 0 unspecified atom stereocenters. The molecule has 0 N–H and O–H groups in total. The molecule has 92 valence electrons. The second-order valence-electron chi connectivity index (χ2n) is 4.16. The molecule has 0 saturated heterocycles. The van der Waals surface area contributed by atoms with Gasteiger partial charge in [0.25, 0.3) is 5.69 Å². The number of hydrogen-bond acceptors (Lipinski definition) is 4. The summed E-state index contributed by atoms with van der Waals surface area (Å²) >= 11 is 0. The van der Waals surface area contributed by atoms with Crippen molar-refractivity contribution >= 4 is 23.2 Å². The van der Waals surface area contributed by atoms with E-state index in [9.17, 15) is 14.9 Å². The molecule has 18 heavy (non-hydrogen) atoms. The maximum atomic E-state index is 12.0. The summed E-state index contributed by atoms with van der Waals surface area (Å²) in [4.78, 5) is 29.7. The van der Waals surface area contributed by atoms with Gasteiger partial charge in [-0.2, -0.15) is 0 Å². The van der Waals surface area contributed by atoms with Crippen LogP contribution in [0, 0.1) is 10.1 Å². The lowest BCUT2D eigenvalue weighted by molar-refractivity contribution is -0.384. The molecule has 0 radical (unpaired) electrons. The van der Waals surface area contributed by atoms with Crippen LogP contribution in [0.25, 0.3) is 0 Å². The molecule has 0 saturated carbocycles. The van der Waals surface area contributed by atoms with Crippen molar-refractivity contribution in [1.82, 2.24) is 4.90 Å². The number of carbonyl (C=O) groups excluding carboxylic acids is 1. The van der Waals surface area contributed by atoms with Gasteiger partial charge in [-0.15, -0.1) is 0 Å². The number of carbonyl (C=O) groups is 1. The number of hydrogen-bond donors (Lipinski definition) is 0. The lowest BCUT2D eigenvalue weighted by Crippen LogP contribution is -2.48. The fraction of sp³-hybridized carbons (Fsp3) is 0.273. The van der Waals surface area contributed by atoms with Crippen LogP contribution in [0.4, 0.5) is 16.2 Å². The van der Waals surface area contributed by atoms with Gasteiger partial charge in [0.1, 0.15) is 5.84 Å². The molecule has 2 amide bonds. The first kappa shape index (κ1) is 10.7. The summed E-state index contributed by atoms with van der Waals surface area (Å²) in [6.45, 7) is 1.07. The second kappa shape index (κ2) is 3.52. The number of nitrogens with zero attached hydrogens (tertiary/aromatic N) is 4. The van der Waals surface area contributed by atoms with E-state index >= 15 is 0 Å². The van der Waals surface area contributed by atoms with E-state index in [0.717, 1.165) is 0 Å². The molecule has 0 fully saturated rings. The normalized spacial score (nSPS) is 17.4. The van der Waals surface area contributed by atoms with Gasteiger partial charge in [0.2, 0.25) is 0 Å². The molecule has 0 atom stereocenters. The van der Waals surface area contributed by atoms with Crippen molar-refractivity contribution in [2.24, 2.45) is 4.99 Å². The standard InChI is InChI=1S/C11H10N4O3/c1-13-9-3-2-7(15(17)18)6-8(9)10-12-4-5-14(10)11(13)16/h2-3,6H,4-5H2,1H3. The third-order valence-corrected chi connectivity index (χ3v) is 3.15. The van der Waals surface area contributed by atoms with Gasteiger partial charge in [-0.1, -0.05) is 0 Å². The van der Waals surface area contributed by atoms with Crippen LogP contribution in [0.15, 0.2) is 23.2 Å². The van der Waals surface area contributed by atoms with E-state index in [1.165, 1.54) is 17.0 Å². The van der Waals surface area contributed by atoms with Crippen LogP contribution in [0.5, 0.6) is 0 Å². The van der Waals surface area contributed by atoms with Crippen molar-refractivity contribution in [2.45, 2.75) is 0 Å². The van der Waals surface area contributed by atoms with Crippen LogP contribution < -0.4 is 4.90 Å². The van der Waals surface area contributed by atoms with E-state index in [2.05, 4.69) is 4.99 Å². The summed E-state index contributed by atoms with van der Waals surface area (Å²) in [5, 5.41) is 10.8. The molecule has 0 spiro atoms. The maximum Gasteiger partial charge on any atom is 0.329 e. The highest BCUT2D eigenvalue weighted by Crippen LogP contribution is 2.32. The minimum absolute atomic E-state index is 0.00560. The Hall–Kier alpha value is -2.44. The van der Waals surface area contributed by atoms with Crippen LogP contribution >= 0.6 is 0 Å². The predicted octanol–water partition coefficient (Wildman–Crippen LogP) is 1.23. The molecule has 1 aromatic carbocycles. The average Bonchev–Trinajstić information content (AvgIpc) is 2.84. The van der Waals surface area contributed by atoms with Crippen LogP contribution in [-0.2, 0) is 0 Å². The lowest BCUT2D eigenvalue weighted by atomic mass is 10.1. The Bertz CT molecular complexity index is 596. The number of rotatable bonds is 1. The SMILES string of the molecule is CN1C(=O)N2CCN=C2c2cc([N+](=O)[O-])ccc21. The average molecular weight is 246 g/mol. The topological polar surface area (TPSA) is 79.0 Å². The molecular weight excluding hydrogens is 236 g/mol. The summed E-state index contributed by atoms with van der Waals surface area (Å²) in [6, 6.07) is 4.31. The molecule has 2 heterocycles. The number of nitro benzene ring substituents is 1. The predicted molar refractivity (Wildman–Crippen MR) is 65.0 cm³/mol. The van der Waals surface area contributed by atoms with Gasteiger partial charge >= 0.3 is 6.03 Å². The first-order valence-electron chi connectivity index (χ1n) is 5.48. The smallest absolute Gasteiger partial charge is 0.296 e. The van der Waals surface area contributed by atoms with Gasteiger partial charge in [-0.3, -0.25) is 24.9 Å². The van der Waals surface area contributed by atoms with E-state index in [-0.39, 0.29) is 11.7 Å². The minimum Gasteiger partial charge on any atom is -0.296 e. The van der Waals surface area contributed by atoms with Gasteiger partial charge in [0.05, 0.1) is 17.2 Å². The summed E-state index contributed by atoms with van der Waals surface area (Å²) in [6.07, 6.45) is 0. The molecule has 0 bridgehead atoms. The number of urea groups is 1. The number of fused-ring (bicyclic) bond motifs is 3. The van der Waals surface area contributed by atoms with Gasteiger partial charge < -0.3 is 0 Å². The van der Waals surface area contributed by atoms with E-state index in [0.29, 0.717) is 30.2 Å². The number of aliphatic imine (C=N–C) groups is 1. The highest BCUT2D eigenvalue weighted by Gasteiger charge is 2.36. The Morgan fingerprint density at radius 2 is 2.22 bits per heavy atom. The molecule has 7 nitrogen and oxygen atoms in total. The maximum absolute atomic E-state index is 12.0. The molecule has 7 heteroatoms. The zero-order valence-corrected chi connectivity index (χ0v) is 9.66. The van der Waals surface area contributed by atoms with Crippen LogP contribution in [0.1, 0.15) is 5.56 Å². The Morgan fingerprint density at radius 3 is 2.94 bits per heavy atom. The Labute approximate surface area is 102 Å². The van der Waals surface area contributed by atoms with E-state index in [1.54, 1.807) is 18.0 Å². The molecule has 0 aliphatic carbocycles. The van der Waals surface area contributed by atoms with Gasteiger partial charge in [-0.05, 0) is 6.07 Å². The fourth-order valence-corrected chi connectivity index (χ4v) is 2.26. The third kappa shape index (κ3) is 1.30. The highest BCUT2D eigenvalue weighted by atomic mass is 16.6. The van der Waals surface area contributed by atoms with E-state index in [4.69, 9.17) is 0 Å². The quantitative estimate of drug-likeness (QED) is 0.552. The van der Waals surface area contributed by atoms with Gasteiger partial charge in [0, 0.05) is 31.3 Å². The monoisotopic (exact) mass is 246 g/mol. The summed E-state index contributed by atoms with van der Waals surface area (Å²) in [5.74, 6) is 0.539. The summed E-state index contributed by atoms with van der Waals surface area (Å²) in [7, 11) is 1.65. The molecular formula is C11H10N4O3. The number of benzene rings is 1. The number of nitro groups is 1.